The van der Waals surface area contributed by atoms with Crippen LogP contribution in [0.15, 0.2) is 48.9 Å². The lowest BCUT2D eigenvalue weighted by Crippen LogP contribution is -2.24. The third kappa shape index (κ3) is 9.13. The van der Waals surface area contributed by atoms with E-state index in [9.17, 15) is 9.18 Å². The van der Waals surface area contributed by atoms with Gasteiger partial charge in [0.2, 0.25) is 5.91 Å². The average Bonchev–Trinajstić information content (AvgIpc) is 3.37. The van der Waals surface area contributed by atoms with Crippen molar-refractivity contribution in [1.29, 1.82) is 0 Å². The summed E-state index contributed by atoms with van der Waals surface area (Å²) in [6, 6.07) is 10.7. The molecule has 0 aliphatic carbocycles. The van der Waals surface area contributed by atoms with Gasteiger partial charge < -0.3 is 34.6 Å². The van der Waals surface area contributed by atoms with Gasteiger partial charge in [0.25, 0.3) is 0 Å². The molecule has 236 valence electrons. The lowest BCUT2D eigenvalue weighted by Gasteiger charge is -2.15. The number of pyridine rings is 1. The lowest BCUT2D eigenvalue weighted by atomic mass is 9.93. The minimum atomic E-state index is -0.321. The highest BCUT2D eigenvalue weighted by Gasteiger charge is 2.20. The van der Waals surface area contributed by atoms with Crippen molar-refractivity contribution in [1.82, 2.24) is 19.9 Å². The summed E-state index contributed by atoms with van der Waals surface area (Å²) in [4.78, 5) is 21.5. The number of nitrogens with one attached hydrogen (secondary N) is 1. The van der Waals surface area contributed by atoms with Crippen LogP contribution in [0.5, 0.6) is 0 Å². The Labute approximate surface area is 257 Å². The summed E-state index contributed by atoms with van der Waals surface area (Å²) in [5.41, 5.74) is 12.8. The maximum atomic E-state index is 13.9. The Balaban J connectivity index is 1.25. The monoisotopic (exact) mass is 607 g/mol. The van der Waals surface area contributed by atoms with Crippen LogP contribution in [0.1, 0.15) is 23.1 Å². The molecule has 0 saturated heterocycles. The molecule has 2 aromatic heterocycles. The number of hydrogen-bond donors (Lipinski definition) is 2. The van der Waals surface area contributed by atoms with Gasteiger partial charge in [-0.25, -0.2) is 9.37 Å². The molecule has 0 aliphatic heterocycles. The highest BCUT2D eigenvalue weighted by atomic mass is 19.1. The fourth-order valence-corrected chi connectivity index (χ4v) is 5.09. The molecule has 0 saturated carbocycles. The number of aromatic nitrogens is 3. The number of hydrogen-bond acceptors (Lipinski definition) is 8. The summed E-state index contributed by atoms with van der Waals surface area (Å²) in [6.07, 6.45) is 3.75. The second kappa shape index (κ2) is 16.9. The van der Waals surface area contributed by atoms with Gasteiger partial charge in [-0.05, 0) is 48.7 Å². The summed E-state index contributed by atoms with van der Waals surface area (Å²) < 4.78 is 37.4. The molecule has 0 aliphatic rings. The van der Waals surface area contributed by atoms with Crippen LogP contribution in [0.3, 0.4) is 0 Å². The number of nitrogens with zero attached hydrogens (tertiary/aromatic N) is 3. The van der Waals surface area contributed by atoms with Gasteiger partial charge in [-0.1, -0.05) is 12.1 Å². The van der Waals surface area contributed by atoms with E-state index in [2.05, 4.69) is 22.4 Å². The predicted molar refractivity (Wildman–Crippen MR) is 168 cm³/mol. The molecular formula is C33H42FN5O5. The molecule has 0 spiro atoms. The molecule has 1 amide bonds. The molecule has 0 fully saturated rings. The molecule has 4 rings (SSSR count). The topological polar surface area (TPSA) is 123 Å². The van der Waals surface area contributed by atoms with E-state index in [1.807, 2.05) is 31.5 Å². The molecule has 11 heteroatoms. The molecule has 10 nitrogen and oxygen atoms in total. The Morgan fingerprint density at radius 3 is 2.18 bits per heavy atom. The first-order valence-corrected chi connectivity index (χ1v) is 14.8. The van der Waals surface area contributed by atoms with E-state index in [1.165, 1.54) is 12.1 Å². The number of imidazole rings is 1. The number of carbonyl (C=O) groups excluding carboxylic acids is 1. The van der Waals surface area contributed by atoms with Gasteiger partial charge in [0, 0.05) is 55.3 Å². The molecule has 0 atom stereocenters. The highest BCUT2D eigenvalue weighted by molar-refractivity contribution is 5.97. The largest absolute Gasteiger partial charge is 0.379 e. The van der Waals surface area contributed by atoms with Crippen molar-refractivity contribution in [2.45, 2.75) is 26.8 Å². The van der Waals surface area contributed by atoms with Crippen molar-refractivity contribution in [2.75, 3.05) is 59.4 Å². The van der Waals surface area contributed by atoms with Gasteiger partial charge in [0.15, 0.2) is 0 Å². The summed E-state index contributed by atoms with van der Waals surface area (Å²) in [5.74, 6) is -0.401. The number of benzene rings is 2. The van der Waals surface area contributed by atoms with Crippen molar-refractivity contribution < 1.29 is 28.1 Å². The molecule has 3 N–H and O–H groups in total. The Hall–Kier alpha value is -3.74. The third-order valence-electron chi connectivity index (χ3n) is 7.07. The number of rotatable bonds is 18. The Morgan fingerprint density at radius 2 is 1.52 bits per heavy atom. The van der Waals surface area contributed by atoms with E-state index >= 15 is 0 Å². The number of nitrogens with two attached hydrogens (primary N) is 1. The summed E-state index contributed by atoms with van der Waals surface area (Å²) in [5, 5.41) is 3.84. The maximum Gasteiger partial charge on any atom is 0.222 e. The molecule has 44 heavy (non-hydrogen) atoms. The van der Waals surface area contributed by atoms with Crippen LogP contribution < -0.4 is 11.1 Å². The summed E-state index contributed by atoms with van der Waals surface area (Å²) >= 11 is 0. The zero-order valence-corrected chi connectivity index (χ0v) is 25.7. The standard InChI is InChI=1S/C33H42FN5O5/c1-23-18-25(21-37-30(40)7-10-41-12-14-43-16-17-44-15-13-42-11-8-35)19-24(2)31(23)32-33(39(3)22-38-32)28-6-9-36-29-20-26(34)4-5-27(28)29/h4-6,9,18-20,22H,7-8,10-17,21,35H2,1-3H3,(H,37,40). The Bertz CT molecular complexity index is 1500. The van der Waals surface area contributed by atoms with Crippen molar-refractivity contribution in [3.8, 4) is 22.5 Å². The number of amides is 1. The van der Waals surface area contributed by atoms with Crippen molar-refractivity contribution in [3.05, 3.63) is 71.4 Å². The number of ether oxygens (including phenoxy) is 4. The van der Waals surface area contributed by atoms with Crippen molar-refractivity contribution in [2.24, 2.45) is 12.8 Å². The fraction of sp³-hybridized carbons (Fsp3) is 0.424. The molecule has 4 aromatic rings. The highest BCUT2D eigenvalue weighted by Crippen LogP contribution is 2.37. The first kappa shape index (κ1) is 33.2. The first-order valence-electron chi connectivity index (χ1n) is 14.8. The number of carbonyl (C=O) groups is 1. The number of aryl methyl sites for hydroxylation is 3. The quantitative estimate of drug-likeness (QED) is 0.162. The smallest absolute Gasteiger partial charge is 0.222 e. The van der Waals surface area contributed by atoms with Gasteiger partial charge in [0.1, 0.15) is 5.82 Å². The molecule has 2 heterocycles. The van der Waals surface area contributed by atoms with E-state index in [1.54, 1.807) is 18.6 Å². The second-order valence-electron chi connectivity index (χ2n) is 10.4. The number of fused-ring (bicyclic) bond motifs is 1. The molecule has 0 radical (unpaired) electrons. The van der Waals surface area contributed by atoms with Gasteiger partial charge in [-0.3, -0.25) is 9.78 Å². The van der Waals surface area contributed by atoms with Crippen LogP contribution in [0, 0.1) is 19.7 Å². The van der Waals surface area contributed by atoms with Gasteiger partial charge >= 0.3 is 0 Å². The first-order chi connectivity index (χ1) is 21.4. The van der Waals surface area contributed by atoms with E-state index in [0.717, 1.165) is 44.6 Å². The normalized spacial score (nSPS) is 11.4. The van der Waals surface area contributed by atoms with Crippen LogP contribution >= 0.6 is 0 Å². The van der Waals surface area contributed by atoms with E-state index in [0.29, 0.717) is 71.5 Å². The zero-order valence-electron chi connectivity index (χ0n) is 25.7. The third-order valence-corrected chi connectivity index (χ3v) is 7.07. The molecule has 0 unspecified atom stereocenters. The maximum absolute atomic E-state index is 13.9. The van der Waals surface area contributed by atoms with Gasteiger partial charge in [0.05, 0.1) is 76.1 Å². The SMILES string of the molecule is Cc1cc(CNC(=O)CCOCCOCCOCCOCCN)cc(C)c1-c1ncn(C)c1-c1ccnc2cc(F)ccc12. The van der Waals surface area contributed by atoms with Crippen LogP contribution in [0.25, 0.3) is 33.4 Å². The lowest BCUT2D eigenvalue weighted by molar-refractivity contribution is -0.122. The zero-order chi connectivity index (χ0) is 31.3. The fourth-order valence-electron chi connectivity index (χ4n) is 5.09. The molecule has 0 bridgehead atoms. The average molecular weight is 608 g/mol. The van der Waals surface area contributed by atoms with E-state index < -0.39 is 0 Å². The van der Waals surface area contributed by atoms with Crippen LogP contribution in [0.4, 0.5) is 4.39 Å². The van der Waals surface area contributed by atoms with Gasteiger partial charge in [-0.15, -0.1) is 0 Å². The predicted octanol–water partition coefficient (Wildman–Crippen LogP) is 4.09. The summed E-state index contributed by atoms with van der Waals surface area (Å²) in [6.45, 7) is 8.71. The Kier molecular flexibility index (Phi) is 12.8. The second-order valence-corrected chi connectivity index (χ2v) is 10.4. The Morgan fingerprint density at radius 1 is 0.886 bits per heavy atom. The molecule has 2 aromatic carbocycles. The van der Waals surface area contributed by atoms with Crippen molar-refractivity contribution in [3.63, 3.8) is 0 Å². The van der Waals surface area contributed by atoms with Crippen LogP contribution in [-0.4, -0.2) is 79.8 Å². The molecular weight excluding hydrogens is 565 g/mol. The van der Waals surface area contributed by atoms with E-state index in [4.69, 9.17) is 29.7 Å². The minimum Gasteiger partial charge on any atom is -0.379 e. The van der Waals surface area contributed by atoms with E-state index in [-0.39, 0.29) is 18.1 Å². The van der Waals surface area contributed by atoms with Crippen LogP contribution in [-0.2, 0) is 37.3 Å². The number of halogens is 1. The minimum absolute atomic E-state index is 0.0800. The summed E-state index contributed by atoms with van der Waals surface area (Å²) in [7, 11) is 1.95. The van der Waals surface area contributed by atoms with Crippen molar-refractivity contribution >= 4 is 16.8 Å². The van der Waals surface area contributed by atoms with Crippen LogP contribution in [0.2, 0.25) is 0 Å². The van der Waals surface area contributed by atoms with Gasteiger partial charge in [-0.2, -0.15) is 0 Å².